The van der Waals surface area contributed by atoms with Crippen LogP contribution in [0.5, 0.6) is 0 Å². The molecule has 1 saturated carbocycles. The van der Waals surface area contributed by atoms with Crippen LogP contribution in [0, 0.1) is 0 Å². The normalized spacial score (nSPS) is 25.9. The van der Waals surface area contributed by atoms with Crippen LogP contribution in [0.4, 0.5) is 4.79 Å². The lowest BCUT2D eigenvalue weighted by molar-refractivity contribution is 0.0989. The van der Waals surface area contributed by atoms with Gasteiger partial charge in [0.1, 0.15) is 6.10 Å². The van der Waals surface area contributed by atoms with Crippen LogP contribution in [0.25, 0.3) is 0 Å². The zero-order valence-electron chi connectivity index (χ0n) is 7.81. The number of carbonyl (C=O) groups excluding carboxylic acids is 1. The number of carbonyl (C=O) groups is 1. The fourth-order valence-electron chi connectivity index (χ4n) is 1.30. The van der Waals surface area contributed by atoms with E-state index in [9.17, 15) is 13.2 Å². The standard InChI is InChI=1S/C8H13NO4S/c10-8(13-7-1-2-7)9-3-5-14(11,12)6-4-9/h7H,1-6H2. The summed E-state index contributed by atoms with van der Waals surface area (Å²) in [6.45, 7) is 0.543. The van der Waals surface area contributed by atoms with Crippen molar-refractivity contribution >= 4 is 15.9 Å². The maximum absolute atomic E-state index is 11.4. The van der Waals surface area contributed by atoms with E-state index in [2.05, 4.69) is 0 Å². The fourth-order valence-corrected chi connectivity index (χ4v) is 2.50. The molecule has 0 radical (unpaired) electrons. The van der Waals surface area contributed by atoms with Crippen LogP contribution >= 0.6 is 0 Å². The average molecular weight is 219 g/mol. The maximum Gasteiger partial charge on any atom is 0.410 e. The Kier molecular flexibility index (Phi) is 2.38. The molecule has 1 aliphatic heterocycles. The Balaban J connectivity index is 1.84. The highest BCUT2D eigenvalue weighted by atomic mass is 32.2. The van der Waals surface area contributed by atoms with Crippen LogP contribution < -0.4 is 0 Å². The van der Waals surface area contributed by atoms with Gasteiger partial charge in [-0.2, -0.15) is 0 Å². The van der Waals surface area contributed by atoms with Gasteiger partial charge in [0.25, 0.3) is 0 Å². The van der Waals surface area contributed by atoms with Gasteiger partial charge in [-0.05, 0) is 12.8 Å². The second-order valence-electron chi connectivity index (χ2n) is 3.72. The van der Waals surface area contributed by atoms with E-state index < -0.39 is 9.84 Å². The summed E-state index contributed by atoms with van der Waals surface area (Å²) < 4.78 is 27.2. The molecule has 1 saturated heterocycles. The molecule has 1 heterocycles. The molecule has 1 amide bonds. The SMILES string of the molecule is O=C(OC1CC1)N1CCS(=O)(=O)CC1. The molecule has 2 fully saturated rings. The van der Waals surface area contributed by atoms with Gasteiger partial charge in [-0.3, -0.25) is 0 Å². The minimum atomic E-state index is -2.91. The molecule has 0 spiro atoms. The predicted molar refractivity (Wildman–Crippen MR) is 49.7 cm³/mol. The molecule has 5 nitrogen and oxygen atoms in total. The van der Waals surface area contributed by atoms with E-state index in [1.807, 2.05) is 0 Å². The quantitative estimate of drug-likeness (QED) is 0.623. The average Bonchev–Trinajstić information content (AvgIpc) is 2.88. The Labute approximate surface area is 82.9 Å². The van der Waals surface area contributed by atoms with E-state index in [-0.39, 0.29) is 36.8 Å². The summed E-state index contributed by atoms with van der Waals surface area (Å²) in [4.78, 5) is 12.8. The number of rotatable bonds is 1. The fraction of sp³-hybridized carbons (Fsp3) is 0.875. The summed E-state index contributed by atoms with van der Waals surface area (Å²) in [5, 5.41) is 0. The second-order valence-corrected chi connectivity index (χ2v) is 6.03. The Morgan fingerprint density at radius 2 is 1.79 bits per heavy atom. The molecular weight excluding hydrogens is 206 g/mol. The first-order chi connectivity index (χ1) is 6.57. The van der Waals surface area contributed by atoms with Crippen molar-refractivity contribution in [1.82, 2.24) is 4.90 Å². The number of hydrogen-bond donors (Lipinski definition) is 0. The van der Waals surface area contributed by atoms with Crippen molar-refractivity contribution in [2.24, 2.45) is 0 Å². The Hall–Kier alpha value is -0.780. The van der Waals surface area contributed by atoms with Gasteiger partial charge >= 0.3 is 6.09 Å². The van der Waals surface area contributed by atoms with E-state index >= 15 is 0 Å². The lowest BCUT2D eigenvalue weighted by Crippen LogP contribution is -2.44. The molecule has 1 aliphatic carbocycles. The Bertz CT molecular complexity index is 319. The first kappa shape index (κ1) is 9.76. The highest BCUT2D eigenvalue weighted by Gasteiger charge is 2.31. The van der Waals surface area contributed by atoms with Crippen molar-refractivity contribution in [2.45, 2.75) is 18.9 Å². The molecule has 0 unspecified atom stereocenters. The smallest absolute Gasteiger partial charge is 0.410 e. The molecule has 0 atom stereocenters. The van der Waals surface area contributed by atoms with Crippen molar-refractivity contribution in [3.8, 4) is 0 Å². The molecule has 6 heteroatoms. The zero-order valence-corrected chi connectivity index (χ0v) is 8.62. The van der Waals surface area contributed by atoms with Crippen molar-refractivity contribution in [3.63, 3.8) is 0 Å². The van der Waals surface area contributed by atoms with Crippen molar-refractivity contribution in [3.05, 3.63) is 0 Å². The van der Waals surface area contributed by atoms with Crippen molar-refractivity contribution in [1.29, 1.82) is 0 Å². The number of hydrogen-bond acceptors (Lipinski definition) is 4. The zero-order chi connectivity index (χ0) is 10.2. The summed E-state index contributed by atoms with van der Waals surface area (Å²) in [6.07, 6.45) is 1.61. The number of nitrogens with zero attached hydrogens (tertiary/aromatic N) is 1. The van der Waals surface area contributed by atoms with Gasteiger partial charge in [0.2, 0.25) is 0 Å². The number of amides is 1. The molecular formula is C8H13NO4S. The second kappa shape index (κ2) is 3.42. The van der Waals surface area contributed by atoms with Gasteiger partial charge in [0.05, 0.1) is 11.5 Å². The lowest BCUT2D eigenvalue weighted by Gasteiger charge is -2.25. The van der Waals surface area contributed by atoms with Crippen LogP contribution in [-0.2, 0) is 14.6 Å². The predicted octanol–water partition coefficient (Wildman–Crippen LogP) is 0.0158. The minimum absolute atomic E-state index is 0.0623. The van der Waals surface area contributed by atoms with E-state index in [4.69, 9.17) is 4.74 Å². The van der Waals surface area contributed by atoms with E-state index in [0.29, 0.717) is 0 Å². The highest BCUT2D eigenvalue weighted by Crippen LogP contribution is 2.24. The molecule has 0 bridgehead atoms. The molecule has 0 aromatic heterocycles. The molecule has 14 heavy (non-hydrogen) atoms. The van der Waals surface area contributed by atoms with Gasteiger partial charge < -0.3 is 9.64 Å². The summed E-state index contributed by atoms with van der Waals surface area (Å²) in [7, 11) is -2.91. The topological polar surface area (TPSA) is 63.7 Å². The minimum Gasteiger partial charge on any atom is -0.446 e. The summed E-state index contributed by atoms with van der Waals surface area (Å²) in [5.74, 6) is 0.125. The molecule has 0 aromatic rings. The van der Waals surface area contributed by atoms with E-state index in [1.54, 1.807) is 0 Å². The molecule has 0 aromatic carbocycles. The van der Waals surface area contributed by atoms with E-state index in [1.165, 1.54) is 4.90 Å². The lowest BCUT2D eigenvalue weighted by atomic mass is 10.5. The van der Waals surface area contributed by atoms with Crippen LogP contribution in [0.3, 0.4) is 0 Å². The van der Waals surface area contributed by atoms with E-state index in [0.717, 1.165) is 12.8 Å². The van der Waals surface area contributed by atoms with Gasteiger partial charge in [-0.25, -0.2) is 13.2 Å². The molecule has 2 aliphatic rings. The third-order valence-electron chi connectivity index (χ3n) is 2.39. The summed E-state index contributed by atoms with van der Waals surface area (Å²) in [6, 6.07) is 0. The Morgan fingerprint density at radius 1 is 1.21 bits per heavy atom. The maximum atomic E-state index is 11.4. The largest absolute Gasteiger partial charge is 0.446 e. The molecule has 80 valence electrons. The van der Waals surface area contributed by atoms with Crippen molar-refractivity contribution < 1.29 is 17.9 Å². The third kappa shape index (κ3) is 2.37. The van der Waals surface area contributed by atoms with Crippen molar-refractivity contribution in [2.75, 3.05) is 24.6 Å². The first-order valence-corrected chi connectivity index (χ1v) is 6.55. The first-order valence-electron chi connectivity index (χ1n) is 4.73. The summed E-state index contributed by atoms with van der Waals surface area (Å²) in [5.41, 5.74) is 0. The molecule has 2 rings (SSSR count). The van der Waals surface area contributed by atoms with Gasteiger partial charge in [-0.1, -0.05) is 0 Å². The summed E-state index contributed by atoms with van der Waals surface area (Å²) >= 11 is 0. The van der Waals surface area contributed by atoms with Crippen LogP contribution in [0.15, 0.2) is 0 Å². The third-order valence-corrected chi connectivity index (χ3v) is 4.00. The van der Waals surface area contributed by atoms with Crippen LogP contribution in [0.2, 0.25) is 0 Å². The monoisotopic (exact) mass is 219 g/mol. The number of ether oxygens (including phenoxy) is 1. The van der Waals surface area contributed by atoms with Gasteiger partial charge in [0.15, 0.2) is 9.84 Å². The molecule has 0 N–H and O–H groups in total. The van der Waals surface area contributed by atoms with Gasteiger partial charge in [0, 0.05) is 13.1 Å². The van der Waals surface area contributed by atoms with Crippen LogP contribution in [-0.4, -0.2) is 50.1 Å². The Morgan fingerprint density at radius 3 is 2.29 bits per heavy atom. The number of sulfone groups is 1. The van der Waals surface area contributed by atoms with Gasteiger partial charge in [-0.15, -0.1) is 0 Å². The van der Waals surface area contributed by atoms with Crippen LogP contribution in [0.1, 0.15) is 12.8 Å². The highest BCUT2D eigenvalue weighted by molar-refractivity contribution is 7.91.